The first kappa shape index (κ1) is 30.1. The second kappa shape index (κ2) is 12.4. The molecule has 222 valence electrons. The van der Waals surface area contributed by atoms with Crippen LogP contribution in [0.2, 0.25) is 5.02 Å². The zero-order chi connectivity index (χ0) is 29.3. The first-order chi connectivity index (χ1) is 19.6. The third-order valence-corrected chi connectivity index (χ3v) is 11.0. The maximum Gasteiger partial charge on any atom is 0.281 e. The van der Waals surface area contributed by atoms with Crippen LogP contribution in [0.4, 0.5) is 5.82 Å². The smallest absolute Gasteiger partial charge is 0.281 e. The molecule has 41 heavy (non-hydrogen) atoms. The Morgan fingerprint density at radius 1 is 1.22 bits per heavy atom. The van der Waals surface area contributed by atoms with Crippen LogP contribution in [0.5, 0.6) is 5.75 Å². The lowest BCUT2D eigenvalue weighted by Crippen LogP contribution is -2.49. The number of aliphatic hydroxyl groups is 1. The minimum absolute atomic E-state index is 0.0552. The predicted molar refractivity (Wildman–Crippen MR) is 165 cm³/mol. The zero-order valence-corrected chi connectivity index (χ0v) is 26.0. The molecule has 1 amide bonds. The number of ether oxygens (including phenoxy) is 1. The number of benzene rings is 1. The molecule has 0 spiro atoms. The second-order valence-corrected chi connectivity index (χ2v) is 14.2. The van der Waals surface area contributed by atoms with Gasteiger partial charge in [0.05, 0.1) is 17.5 Å². The lowest BCUT2D eigenvalue weighted by Gasteiger charge is -2.46. The molecule has 2 aromatic rings. The molecule has 1 aromatic heterocycles. The van der Waals surface area contributed by atoms with E-state index >= 15 is 0 Å². The van der Waals surface area contributed by atoms with Crippen LogP contribution in [-0.2, 0) is 17.4 Å². The summed E-state index contributed by atoms with van der Waals surface area (Å²) in [5.41, 5.74) is 1.71. The van der Waals surface area contributed by atoms with Crippen molar-refractivity contribution >= 4 is 34.3 Å². The van der Waals surface area contributed by atoms with Crippen LogP contribution < -0.4 is 14.4 Å². The molecule has 3 heterocycles. The van der Waals surface area contributed by atoms with E-state index in [0.29, 0.717) is 37.7 Å². The Morgan fingerprint density at radius 2 is 2.02 bits per heavy atom. The Kier molecular flexibility index (Phi) is 9.12. The highest BCUT2D eigenvalue weighted by Crippen LogP contribution is 2.45. The molecule has 7 nitrogen and oxygen atoms in total. The second-order valence-electron chi connectivity index (χ2n) is 12.2. The molecule has 2 N–H and O–H groups in total. The SMILES string of the molecule is CCCc1cc(Cl)ccc1C1COc2ccc3nc2N(C1)CC1CCC1[C@@](C)(O)/C=C/CC(C)C(C)S(=O)NC3=O. The average Bonchev–Trinajstić information content (AvgIpc) is 3.09. The standard InChI is InChI=1S/C32H42ClN3O4S/c1-5-7-22-16-25(33)10-11-26(22)24-18-36-17-23-9-12-27(23)32(4,38)15-6-8-20(2)21(3)41(39)35-31(37)28-13-14-29(40-19-24)30(36)34-28/h6,10-11,13-16,20-21,23-24,27,38H,5,7-9,12,17-19H2,1-4H3,(H,35,37)/b15-6+/t20?,21?,23?,24?,27?,32-,41?/m0/s1. The van der Waals surface area contributed by atoms with Gasteiger partial charge in [0.1, 0.15) is 16.7 Å². The minimum Gasteiger partial charge on any atom is -0.489 e. The first-order valence-electron chi connectivity index (χ1n) is 14.9. The summed E-state index contributed by atoms with van der Waals surface area (Å²) >= 11 is 6.38. The van der Waals surface area contributed by atoms with Crippen molar-refractivity contribution in [2.24, 2.45) is 17.8 Å². The van der Waals surface area contributed by atoms with Gasteiger partial charge >= 0.3 is 0 Å². The highest BCUT2D eigenvalue weighted by Gasteiger charge is 2.44. The van der Waals surface area contributed by atoms with Gasteiger partial charge in [-0.15, -0.1) is 0 Å². The predicted octanol–water partition coefficient (Wildman–Crippen LogP) is 5.83. The van der Waals surface area contributed by atoms with Gasteiger partial charge in [0.15, 0.2) is 11.6 Å². The average molecular weight is 600 g/mol. The Morgan fingerprint density at radius 3 is 2.76 bits per heavy atom. The van der Waals surface area contributed by atoms with Crippen LogP contribution in [0, 0.1) is 17.8 Å². The first-order valence-corrected chi connectivity index (χ1v) is 16.4. The van der Waals surface area contributed by atoms with Crippen LogP contribution in [0.15, 0.2) is 42.5 Å². The van der Waals surface area contributed by atoms with Gasteiger partial charge in [0.2, 0.25) is 0 Å². The maximum absolute atomic E-state index is 13.2. The molecule has 1 saturated carbocycles. The summed E-state index contributed by atoms with van der Waals surface area (Å²) in [6, 6.07) is 9.55. The number of halogens is 1. The van der Waals surface area contributed by atoms with Crippen LogP contribution in [0.25, 0.3) is 0 Å². The Labute approximate surface area is 251 Å². The molecule has 9 heteroatoms. The molecule has 2 aliphatic heterocycles. The summed E-state index contributed by atoms with van der Waals surface area (Å²) < 4.78 is 22.1. The van der Waals surface area contributed by atoms with Crippen molar-refractivity contribution in [1.29, 1.82) is 0 Å². The minimum atomic E-state index is -1.58. The van der Waals surface area contributed by atoms with Gasteiger partial charge in [0, 0.05) is 24.0 Å². The van der Waals surface area contributed by atoms with Crippen molar-refractivity contribution in [1.82, 2.24) is 9.71 Å². The summed E-state index contributed by atoms with van der Waals surface area (Å²) in [5.74, 6) is 1.28. The van der Waals surface area contributed by atoms with Gasteiger partial charge in [-0.1, -0.05) is 50.1 Å². The fourth-order valence-electron chi connectivity index (χ4n) is 6.43. The third-order valence-electron chi connectivity index (χ3n) is 9.24. The maximum atomic E-state index is 13.2. The van der Waals surface area contributed by atoms with Crippen molar-refractivity contribution in [2.75, 3.05) is 24.6 Å². The molecule has 7 atom stereocenters. The highest BCUT2D eigenvalue weighted by atomic mass is 35.5. The number of anilines is 1. The van der Waals surface area contributed by atoms with Crippen LogP contribution in [0.1, 0.15) is 80.9 Å². The number of hydrogen-bond acceptors (Lipinski definition) is 6. The molecule has 6 unspecified atom stereocenters. The van der Waals surface area contributed by atoms with Gasteiger partial charge < -0.3 is 14.7 Å². The van der Waals surface area contributed by atoms with Crippen LogP contribution >= 0.6 is 11.6 Å². The van der Waals surface area contributed by atoms with Crippen LogP contribution in [-0.4, -0.2) is 50.8 Å². The van der Waals surface area contributed by atoms with Gasteiger partial charge in [-0.25, -0.2) is 9.19 Å². The number of aryl methyl sites for hydroxylation is 1. The molecule has 2 bridgehead atoms. The van der Waals surface area contributed by atoms with E-state index in [-0.39, 0.29) is 34.6 Å². The van der Waals surface area contributed by atoms with E-state index in [9.17, 15) is 14.1 Å². The molecule has 1 aromatic carbocycles. The molecule has 3 aliphatic rings. The summed E-state index contributed by atoms with van der Waals surface area (Å²) in [6.45, 7) is 9.78. The fourth-order valence-corrected chi connectivity index (χ4v) is 7.63. The monoisotopic (exact) mass is 599 g/mol. The van der Waals surface area contributed by atoms with Gasteiger partial charge in [0.25, 0.3) is 5.91 Å². The van der Waals surface area contributed by atoms with Gasteiger partial charge in [-0.3, -0.25) is 9.52 Å². The summed E-state index contributed by atoms with van der Waals surface area (Å²) in [6.07, 6.45) is 8.50. The number of nitrogens with zero attached hydrogens (tertiary/aromatic N) is 2. The largest absolute Gasteiger partial charge is 0.489 e. The Bertz CT molecular complexity index is 1330. The molecular formula is C32H42ClN3O4S. The molecule has 1 aliphatic carbocycles. The van der Waals surface area contributed by atoms with Gasteiger partial charge in [-0.2, -0.15) is 0 Å². The number of allylic oxidation sites excluding steroid dienone is 1. The molecular weight excluding hydrogens is 558 g/mol. The van der Waals surface area contributed by atoms with E-state index < -0.39 is 22.5 Å². The van der Waals surface area contributed by atoms with E-state index in [4.69, 9.17) is 21.3 Å². The number of pyridine rings is 1. The number of hydrogen-bond donors (Lipinski definition) is 2. The summed E-state index contributed by atoms with van der Waals surface area (Å²) in [7, 11) is -1.58. The van der Waals surface area contributed by atoms with E-state index in [1.807, 2.05) is 39.0 Å². The number of aromatic nitrogens is 1. The number of carbonyl (C=O) groups is 1. The van der Waals surface area contributed by atoms with Crippen molar-refractivity contribution < 1.29 is 18.8 Å². The number of rotatable bonds is 3. The number of carbonyl (C=O) groups excluding carboxylic acids is 1. The Balaban J connectivity index is 1.54. The quantitative estimate of drug-likeness (QED) is 0.432. The number of amides is 1. The van der Waals surface area contributed by atoms with E-state index in [1.54, 1.807) is 12.1 Å². The molecule has 1 fully saturated rings. The normalized spacial score (nSPS) is 33.0. The lowest BCUT2D eigenvalue weighted by molar-refractivity contribution is -0.0313. The van der Waals surface area contributed by atoms with E-state index in [1.165, 1.54) is 11.1 Å². The molecule has 5 rings (SSSR count). The Hall–Kier alpha value is -2.42. The van der Waals surface area contributed by atoms with Crippen molar-refractivity contribution in [3.63, 3.8) is 0 Å². The van der Waals surface area contributed by atoms with E-state index in [0.717, 1.165) is 30.7 Å². The fraction of sp³-hybridized carbons (Fsp3) is 0.562. The summed E-state index contributed by atoms with van der Waals surface area (Å²) in [4.78, 5) is 20.2. The topological polar surface area (TPSA) is 91.8 Å². The zero-order valence-electron chi connectivity index (χ0n) is 24.4. The summed E-state index contributed by atoms with van der Waals surface area (Å²) in [5, 5.41) is 12.0. The van der Waals surface area contributed by atoms with Crippen molar-refractivity contribution in [3.8, 4) is 5.75 Å². The third kappa shape index (κ3) is 6.50. The van der Waals surface area contributed by atoms with Crippen LogP contribution in [0.3, 0.4) is 0 Å². The number of fused-ring (bicyclic) bond motifs is 2. The molecule has 0 saturated heterocycles. The van der Waals surface area contributed by atoms with Crippen molar-refractivity contribution in [3.05, 3.63) is 64.3 Å². The van der Waals surface area contributed by atoms with E-state index in [2.05, 4.69) is 28.7 Å². The molecule has 0 radical (unpaired) electrons. The van der Waals surface area contributed by atoms with Crippen molar-refractivity contribution in [2.45, 2.75) is 76.6 Å². The number of nitrogens with one attached hydrogen (secondary N) is 1. The lowest BCUT2D eigenvalue weighted by atomic mass is 9.65. The van der Waals surface area contributed by atoms with Gasteiger partial charge in [-0.05, 0) is 92.7 Å². The highest BCUT2D eigenvalue weighted by molar-refractivity contribution is 7.84.